The number of hydrogen-bond donors (Lipinski definition) is 1. The molecule has 0 fully saturated rings. The summed E-state index contributed by atoms with van der Waals surface area (Å²) in [6, 6.07) is -0.149. The van der Waals surface area contributed by atoms with Gasteiger partial charge in [0.05, 0.1) is 12.2 Å². The van der Waals surface area contributed by atoms with Crippen molar-refractivity contribution in [2.45, 2.75) is 33.4 Å². The average molecular weight is 358 g/mol. The van der Waals surface area contributed by atoms with Crippen LogP contribution < -0.4 is 5.32 Å². The fourth-order valence-corrected chi connectivity index (χ4v) is 3.29. The fourth-order valence-electron chi connectivity index (χ4n) is 2.65. The molecule has 3 heterocycles. The third kappa shape index (κ3) is 3.85. The summed E-state index contributed by atoms with van der Waals surface area (Å²) in [5.41, 5.74) is 2.10. The topological polar surface area (TPSA) is 75.4 Å². The van der Waals surface area contributed by atoms with Gasteiger partial charge in [0.2, 0.25) is 0 Å². The second kappa shape index (κ2) is 7.71. The van der Waals surface area contributed by atoms with Crippen molar-refractivity contribution in [2.24, 2.45) is 0 Å². The van der Waals surface area contributed by atoms with Crippen LogP contribution in [0.25, 0.3) is 5.65 Å². The molecule has 0 aliphatic heterocycles. The lowest BCUT2D eigenvalue weighted by molar-refractivity contribution is 0.0941. The van der Waals surface area contributed by atoms with E-state index in [0.717, 1.165) is 30.2 Å². The summed E-state index contributed by atoms with van der Waals surface area (Å²) in [4.78, 5) is 23.5. The van der Waals surface area contributed by atoms with Gasteiger partial charge in [-0.3, -0.25) is 9.69 Å². The zero-order chi connectivity index (χ0) is 17.8. The van der Waals surface area contributed by atoms with Crippen LogP contribution in [0.5, 0.6) is 0 Å². The summed E-state index contributed by atoms with van der Waals surface area (Å²) < 4.78 is 1.67. The molecule has 3 rings (SSSR count). The number of nitrogens with zero attached hydrogens (tertiary/aromatic N) is 5. The average Bonchev–Trinajstić information content (AvgIpc) is 3.28. The van der Waals surface area contributed by atoms with E-state index in [9.17, 15) is 4.79 Å². The summed E-state index contributed by atoms with van der Waals surface area (Å²) in [6.07, 6.45) is 7.04. The van der Waals surface area contributed by atoms with Gasteiger partial charge in [0.25, 0.3) is 5.91 Å². The van der Waals surface area contributed by atoms with Crippen molar-refractivity contribution in [2.75, 3.05) is 13.1 Å². The standard InChI is InChI=1S/C17H22N6OS/c1-4-22(5-2)10-13-8-19-15-14(9-20-23(15)11-13)16(24)21-12(3)17-18-6-7-25-17/h6-9,11-12H,4-5,10H2,1-3H3,(H,21,24)/t12-/m1/s1. The van der Waals surface area contributed by atoms with Crippen molar-refractivity contribution in [3.05, 3.63) is 46.3 Å². The van der Waals surface area contributed by atoms with E-state index in [-0.39, 0.29) is 11.9 Å². The normalized spacial score (nSPS) is 12.6. The predicted octanol–water partition coefficient (Wildman–Crippen LogP) is 2.52. The van der Waals surface area contributed by atoms with Gasteiger partial charge in [0.1, 0.15) is 10.6 Å². The molecule has 1 N–H and O–H groups in total. The zero-order valence-corrected chi connectivity index (χ0v) is 15.5. The molecule has 0 spiro atoms. The Kier molecular flexibility index (Phi) is 5.40. The Balaban J connectivity index is 1.77. The second-order valence-electron chi connectivity index (χ2n) is 5.82. The van der Waals surface area contributed by atoms with Crippen LogP contribution in [0, 0.1) is 0 Å². The molecule has 0 aliphatic rings. The third-order valence-electron chi connectivity index (χ3n) is 4.12. The van der Waals surface area contributed by atoms with Crippen LogP contribution in [0.3, 0.4) is 0 Å². The Bertz CT molecular complexity index is 840. The molecule has 0 aromatic carbocycles. The molecule has 25 heavy (non-hydrogen) atoms. The molecule has 8 heteroatoms. The molecule has 0 radical (unpaired) electrons. The van der Waals surface area contributed by atoms with Gasteiger partial charge in [-0.15, -0.1) is 11.3 Å². The molecular formula is C17H22N6OS. The van der Waals surface area contributed by atoms with E-state index >= 15 is 0 Å². The highest BCUT2D eigenvalue weighted by Gasteiger charge is 2.18. The SMILES string of the molecule is CCN(CC)Cc1cnc2c(C(=O)N[C@H](C)c3nccs3)cnn2c1. The highest BCUT2D eigenvalue weighted by molar-refractivity contribution is 7.09. The highest BCUT2D eigenvalue weighted by atomic mass is 32.1. The summed E-state index contributed by atoms with van der Waals surface area (Å²) >= 11 is 1.52. The van der Waals surface area contributed by atoms with Crippen LogP contribution in [0.15, 0.2) is 30.2 Å². The summed E-state index contributed by atoms with van der Waals surface area (Å²) in [7, 11) is 0. The minimum Gasteiger partial charge on any atom is -0.343 e. The number of carbonyl (C=O) groups is 1. The summed E-state index contributed by atoms with van der Waals surface area (Å²) in [5.74, 6) is -0.193. The Hall–Kier alpha value is -2.32. The highest BCUT2D eigenvalue weighted by Crippen LogP contribution is 2.17. The molecule has 3 aromatic rings. The van der Waals surface area contributed by atoms with Crippen LogP contribution in [0.2, 0.25) is 0 Å². The smallest absolute Gasteiger partial charge is 0.257 e. The predicted molar refractivity (Wildman–Crippen MR) is 97.6 cm³/mol. The Morgan fingerprint density at radius 2 is 2.12 bits per heavy atom. The first kappa shape index (κ1) is 17.5. The maximum Gasteiger partial charge on any atom is 0.257 e. The Morgan fingerprint density at radius 3 is 2.80 bits per heavy atom. The van der Waals surface area contributed by atoms with E-state index in [1.54, 1.807) is 16.9 Å². The van der Waals surface area contributed by atoms with Gasteiger partial charge >= 0.3 is 0 Å². The summed E-state index contributed by atoms with van der Waals surface area (Å²) in [6.45, 7) is 8.97. The van der Waals surface area contributed by atoms with Gasteiger partial charge in [-0.1, -0.05) is 13.8 Å². The van der Waals surface area contributed by atoms with Gasteiger partial charge in [0.15, 0.2) is 5.65 Å². The quantitative estimate of drug-likeness (QED) is 0.702. The van der Waals surface area contributed by atoms with E-state index in [0.29, 0.717) is 11.2 Å². The third-order valence-corrected chi connectivity index (χ3v) is 5.08. The lowest BCUT2D eigenvalue weighted by Gasteiger charge is -2.17. The van der Waals surface area contributed by atoms with Crippen molar-refractivity contribution < 1.29 is 4.79 Å². The molecule has 0 bridgehead atoms. The van der Waals surface area contributed by atoms with E-state index in [1.165, 1.54) is 11.3 Å². The van der Waals surface area contributed by atoms with E-state index < -0.39 is 0 Å². The lowest BCUT2D eigenvalue weighted by atomic mass is 10.2. The van der Waals surface area contributed by atoms with Crippen molar-refractivity contribution in [3.8, 4) is 0 Å². The van der Waals surface area contributed by atoms with Crippen molar-refractivity contribution in [3.63, 3.8) is 0 Å². The lowest BCUT2D eigenvalue weighted by Crippen LogP contribution is -2.26. The number of amides is 1. The molecule has 1 amide bonds. The van der Waals surface area contributed by atoms with Gasteiger partial charge in [-0.2, -0.15) is 5.10 Å². The number of hydrogen-bond acceptors (Lipinski definition) is 6. The maximum absolute atomic E-state index is 12.5. The number of thiazole rings is 1. The van der Waals surface area contributed by atoms with E-state index in [2.05, 4.69) is 39.1 Å². The minimum absolute atomic E-state index is 0.149. The van der Waals surface area contributed by atoms with Crippen LogP contribution in [-0.4, -0.2) is 43.5 Å². The van der Waals surface area contributed by atoms with Gasteiger partial charge in [-0.25, -0.2) is 14.5 Å². The molecular weight excluding hydrogens is 336 g/mol. The molecule has 132 valence electrons. The summed E-state index contributed by atoms with van der Waals surface area (Å²) in [5, 5.41) is 10.0. The fraction of sp³-hybridized carbons (Fsp3) is 0.412. The van der Waals surface area contributed by atoms with Crippen molar-refractivity contribution in [1.82, 2.24) is 29.8 Å². The Labute approximate surface area is 150 Å². The first-order valence-electron chi connectivity index (χ1n) is 8.37. The Morgan fingerprint density at radius 1 is 1.32 bits per heavy atom. The molecule has 0 saturated carbocycles. The first-order chi connectivity index (χ1) is 12.1. The van der Waals surface area contributed by atoms with Crippen molar-refractivity contribution >= 4 is 22.9 Å². The van der Waals surface area contributed by atoms with Gasteiger partial charge in [-0.05, 0) is 20.0 Å². The number of fused-ring (bicyclic) bond motifs is 1. The monoisotopic (exact) mass is 358 g/mol. The van der Waals surface area contributed by atoms with Crippen LogP contribution in [0.4, 0.5) is 0 Å². The molecule has 0 unspecified atom stereocenters. The van der Waals surface area contributed by atoms with Gasteiger partial charge in [0, 0.05) is 36.1 Å². The number of rotatable bonds is 7. The van der Waals surface area contributed by atoms with E-state index in [1.807, 2.05) is 24.7 Å². The van der Waals surface area contributed by atoms with E-state index in [4.69, 9.17) is 0 Å². The number of nitrogens with one attached hydrogen (secondary N) is 1. The van der Waals surface area contributed by atoms with Crippen LogP contribution >= 0.6 is 11.3 Å². The maximum atomic E-state index is 12.5. The van der Waals surface area contributed by atoms with Gasteiger partial charge < -0.3 is 5.32 Å². The molecule has 3 aromatic heterocycles. The minimum atomic E-state index is -0.193. The molecule has 0 saturated heterocycles. The number of carbonyl (C=O) groups excluding carboxylic acids is 1. The molecule has 1 atom stereocenters. The van der Waals surface area contributed by atoms with Crippen molar-refractivity contribution in [1.29, 1.82) is 0 Å². The first-order valence-corrected chi connectivity index (χ1v) is 9.25. The zero-order valence-electron chi connectivity index (χ0n) is 14.6. The second-order valence-corrected chi connectivity index (χ2v) is 6.74. The molecule has 0 aliphatic carbocycles. The van der Waals surface area contributed by atoms with Crippen LogP contribution in [0.1, 0.15) is 47.7 Å². The van der Waals surface area contributed by atoms with Crippen LogP contribution in [-0.2, 0) is 6.54 Å². The number of aromatic nitrogens is 4. The largest absolute Gasteiger partial charge is 0.343 e. The molecule has 7 nitrogen and oxygen atoms in total.